The van der Waals surface area contributed by atoms with Gasteiger partial charge in [0.05, 0.1) is 35.3 Å². The van der Waals surface area contributed by atoms with E-state index in [-0.39, 0.29) is 18.1 Å². The average molecular weight is 394 g/mol. The van der Waals surface area contributed by atoms with Crippen molar-refractivity contribution in [2.24, 2.45) is 5.92 Å². The fraction of sp³-hybridized carbons (Fsp3) is 0.364. The zero-order valence-corrected chi connectivity index (χ0v) is 16.6. The molecule has 1 saturated heterocycles. The fourth-order valence-electron chi connectivity index (χ4n) is 3.88. The molecule has 7 heteroatoms. The Morgan fingerprint density at radius 3 is 2.76 bits per heavy atom. The van der Waals surface area contributed by atoms with Crippen molar-refractivity contribution in [3.8, 4) is 11.3 Å². The lowest BCUT2D eigenvalue weighted by molar-refractivity contribution is -0.129. The van der Waals surface area contributed by atoms with Crippen LogP contribution in [0.4, 0.5) is 4.39 Å². The Morgan fingerprint density at radius 2 is 2.07 bits per heavy atom. The van der Waals surface area contributed by atoms with E-state index in [1.807, 2.05) is 18.7 Å². The lowest BCUT2D eigenvalue weighted by atomic mass is 10.0. The molecule has 1 unspecified atom stereocenters. The number of halogens is 1. The standard InChI is InChI=1S/C22H23FN4O2/c1-14-22(15(2)29-26-14)20-12-24-18(11-25-20)9-16-7-8-27(13-16)21(28)10-17-5-3-4-6-19(17)23/h3-6,11-12,16H,7-10,13H2,1-2H3. The van der Waals surface area contributed by atoms with Crippen molar-refractivity contribution in [1.82, 2.24) is 20.0 Å². The lowest BCUT2D eigenvalue weighted by Crippen LogP contribution is -2.30. The van der Waals surface area contributed by atoms with Crippen LogP contribution in [-0.4, -0.2) is 39.0 Å². The Labute approximate surface area is 168 Å². The van der Waals surface area contributed by atoms with E-state index in [0.29, 0.717) is 24.6 Å². The highest BCUT2D eigenvalue weighted by molar-refractivity contribution is 5.79. The van der Waals surface area contributed by atoms with E-state index < -0.39 is 0 Å². The third-order valence-electron chi connectivity index (χ3n) is 5.43. The molecule has 3 aromatic rings. The summed E-state index contributed by atoms with van der Waals surface area (Å²) in [4.78, 5) is 23.4. The van der Waals surface area contributed by atoms with Crippen molar-refractivity contribution < 1.29 is 13.7 Å². The summed E-state index contributed by atoms with van der Waals surface area (Å²) < 4.78 is 19.0. The molecule has 0 radical (unpaired) electrons. The number of aromatic nitrogens is 3. The van der Waals surface area contributed by atoms with Crippen molar-refractivity contribution in [3.63, 3.8) is 0 Å². The Balaban J connectivity index is 1.35. The van der Waals surface area contributed by atoms with Crippen LogP contribution < -0.4 is 0 Å². The van der Waals surface area contributed by atoms with E-state index in [2.05, 4.69) is 15.1 Å². The first-order valence-electron chi connectivity index (χ1n) is 9.76. The van der Waals surface area contributed by atoms with Crippen LogP contribution in [-0.2, 0) is 17.6 Å². The highest BCUT2D eigenvalue weighted by Gasteiger charge is 2.27. The Hall–Kier alpha value is -3.09. The highest BCUT2D eigenvalue weighted by atomic mass is 19.1. The summed E-state index contributed by atoms with van der Waals surface area (Å²) in [5.74, 6) is 0.700. The van der Waals surface area contributed by atoms with Gasteiger partial charge in [-0.3, -0.25) is 14.8 Å². The number of hydrogen-bond acceptors (Lipinski definition) is 5. The van der Waals surface area contributed by atoms with Crippen LogP contribution in [0.2, 0.25) is 0 Å². The predicted octanol–water partition coefficient (Wildman–Crippen LogP) is 3.52. The van der Waals surface area contributed by atoms with E-state index in [0.717, 1.165) is 41.2 Å². The van der Waals surface area contributed by atoms with Gasteiger partial charge in [-0.15, -0.1) is 0 Å². The van der Waals surface area contributed by atoms with Crippen LogP contribution in [0.15, 0.2) is 41.2 Å². The molecule has 1 amide bonds. The first-order chi connectivity index (χ1) is 14.0. The van der Waals surface area contributed by atoms with Crippen LogP contribution in [0.1, 0.15) is 29.1 Å². The van der Waals surface area contributed by atoms with Crippen molar-refractivity contribution >= 4 is 5.91 Å². The fourth-order valence-corrected chi connectivity index (χ4v) is 3.88. The number of aryl methyl sites for hydroxylation is 2. The molecule has 6 nitrogen and oxygen atoms in total. The zero-order valence-electron chi connectivity index (χ0n) is 16.6. The minimum Gasteiger partial charge on any atom is -0.361 e. The van der Waals surface area contributed by atoms with Gasteiger partial charge < -0.3 is 9.42 Å². The molecule has 1 atom stereocenters. The van der Waals surface area contributed by atoms with Crippen molar-refractivity contribution in [1.29, 1.82) is 0 Å². The normalized spacial score (nSPS) is 16.4. The second-order valence-corrected chi connectivity index (χ2v) is 7.56. The number of likely N-dealkylation sites (tertiary alicyclic amines) is 1. The molecule has 3 heterocycles. The summed E-state index contributed by atoms with van der Waals surface area (Å²) in [6, 6.07) is 6.44. The topological polar surface area (TPSA) is 72.1 Å². The van der Waals surface area contributed by atoms with Crippen LogP contribution >= 0.6 is 0 Å². The van der Waals surface area contributed by atoms with Crippen LogP contribution in [0.3, 0.4) is 0 Å². The van der Waals surface area contributed by atoms with Crippen molar-refractivity contribution in [2.45, 2.75) is 33.1 Å². The number of benzene rings is 1. The third kappa shape index (κ3) is 4.18. The molecule has 29 heavy (non-hydrogen) atoms. The molecule has 1 fully saturated rings. The first-order valence-corrected chi connectivity index (χ1v) is 9.76. The van der Waals surface area contributed by atoms with E-state index >= 15 is 0 Å². The molecule has 1 aliphatic rings. The molecule has 0 aliphatic carbocycles. The predicted molar refractivity (Wildman–Crippen MR) is 105 cm³/mol. The SMILES string of the molecule is Cc1noc(C)c1-c1cnc(CC2CCN(C(=O)Cc3ccccc3F)C2)cn1. The van der Waals surface area contributed by atoms with E-state index in [1.54, 1.807) is 30.6 Å². The summed E-state index contributed by atoms with van der Waals surface area (Å²) in [5, 5.41) is 3.95. The number of hydrogen-bond donors (Lipinski definition) is 0. The van der Waals surface area contributed by atoms with Crippen LogP contribution in [0.25, 0.3) is 11.3 Å². The van der Waals surface area contributed by atoms with Crippen molar-refractivity contribution in [3.05, 3.63) is 65.2 Å². The molecule has 0 N–H and O–H groups in total. The highest BCUT2D eigenvalue weighted by Crippen LogP contribution is 2.25. The molecule has 0 spiro atoms. The number of rotatable bonds is 5. The number of amides is 1. The van der Waals surface area contributed by atoms with Crippen molar-refractivity contribution in [2.75, 3.05) is 13.1 Å². The van der Waals surface area contributed by atoms with Crippen LogP contribution in [0.5, 0.6) is 0 Å². The summed E-state index contributed by atoms with van der Waals surface area (Å²) in [6.07, 6.45) is 5.31. The van der Waals surface area contributed by atoms with Gasteiger partial charge in [0.25, 0.3) is 0 Å². The quantitative estimate of drug-likeness (QED) is 0.662. The molecule has 2 aromatic heterocycles. The second kappa shape index (κ2) is 8.11. The van der Waals surface area contributed by atoms with E-state index in [4.69, 9.17) is 4.52 Å². The zero-order chi connectivity index (χ0) is 20.4. The molecule has 0 saturated carbocycles. The van der Waals surface area contributed by atoms with E-state index in [1.165, 1.54) is 6.07 Å². The van der Waals surface area contributed by atoms with E-state index in [9.17, 15) is 9.18 Å². The maximum atomic E-state index is 13.8. The maximum absolute atomic E-state index is 13.8. The Bertz CT molecular complexity index is 996. The van der Waals surface area contributed by atoms with Gasteiger partial charge in [-0.1, -0.05) is 23.4 Å². The van der Waals surface area contributed by atoms with Gasteiger partial charge in [-0.05, 0) is 44.2 Å². The van der Waals surface area contributed by atoms with Gasteiger partial charge in [0.15, 0.2) is 0 Å². The largest absolute Gasteiger partial charge is 0.361 e. The minimum atomic E-state index is -0.328. The number of carbonyl (C=O) groups excluding carboxylic acids is 1. The first kappa shape index (κ1) is 19.2. The monoisotopic (exact) mass is 394 g/mol. The van der Waals surface area contributed by atoms with Crippen LogP contribution in [0, 0.1) is 25.6 Å². The van der Waals surface area contributed by atoms with Gasteiger partial charge in [0.2, 0.25) is 5.91 Å². The number of nitrogens with zero attached hydrogens (tertiary/aromatic N) is 4. The van der Waals surface area contributed by atoms with Gasteiger partial charge in [0.1, 0.15) is 11.6 Å². The van der Waals surface area contributed by atoms with Gasteiger partial charge >= 0.3 is 0 Å². The Kier molecular flexibility index (Phi) is 5.38. The summed E-state index contributed by atoms with van der Waals surface area (Å²) in [6.45, 7) is 5.10. The summed E-state index contributed by atoms with van der Waals surface area (Å²) in [5.41, 5.74) is 3.77. The molecule has 150 valence electrons. The number of carbonyl (C=O) groups is 1. The average Bonchev–Trinajstić information content (AvgIpc) is 3.31. The smallest absolute Gasteiger partial charge is 0.227 e. The van der Waals surface area contributed by atoms with Gasteiger partial charge in [0, 0.05) is 19.3 Å². The summed E-state index contributed by atoms with van der Waals surface area (Å²) in [7, 11) is 0. The van der Waals surface area contributed by atoms with Gasteiger partial charge in [-0.25, -0.2) is 4.39 Å². The van der Waals surface area contributed by atoms with Gasteiger partial charge in [-0.2, -0.15) is 0 Å². The lowest BCUT2D eigenvalue weighted by Gasteiger charge is -2.17. The molecule has 4 rings (SSSR count). The molecular weight excluding hydrogens is 371 g/mol. The molecular formula is C22H23FN4O2. The maximum Gasteiger partial charge on any atom is 0.227 e. The molecule has 1 aliphatic heterocycles. The minimum absolute atomic E-state index is 0.0301. The second-order valence-electron chi connectivity index (χ2n) is 7.56. The summed E-state index contributed by atoms with van der Waals surface area (Å²) >= 11 is 0. The Morgan fingerprint density at radius 1 is 1.24 bits per heavy atom. The third-order valence-corrected chi connectivity index (χ3v) is 5.43. The molecule has 1 aromatic carbocycles. The molecule has 0 bridgehead atoms.